The molecule has 3 heterocycles. The number of pyridine rings is 2. The van der Waals surface area contributed by atoms with E-state index in [0.717, 1.165) is 31.1 Å². The van der Waals surface area contributed by atoms with Gasteiger partial charge in [0.15, 0.2) is 5.82 Å². The Morgan fingerprint density at radius 3 is 2.74 bits per heavy atom. The summed E-state index contributed by atoms with van der Waals surface area (Å²) in [6.07, 6.45) is 8.07. The van der Waals surface area contributed by atoms with Gasteiger partial charge in [0.1, 0.15) is 0 Å². The van der Waals surface area contributed by atoms with Crippen molar-refractivity contribution >= 4 is 11.5 Å². The number of aromatic nitrogens is 2. The first-order valence-electron chi connectivity index (χ1n) is 6.76. The number of anilines is 2. The van der Waals surface area contributed by atoms with Crippen LogP contribution in [0.25, 0.3) is 0 Å². The van der Waals surface area contributed by atoms with Crippen LogP contribution in [0, 0.1) is 0 Å². The van der Waals surface area contributed by atoms with Crippen molar-refractivity contribution in [2.45, 2.75) is 19.4 Å². The largest absolute Gasteiger partial charge is 0.378 e. The molecule has 0 aromatic carbocycles. The van der Waals surface area contributed by atoms with Crippen LogP contribution in [0.15, 0.2) is 42.9 Å². The van der Waals surface area contributed by atoms with E-state index < -0.39 is 0 Å². The number of hydrogen-bond acceptors (Lipinski definition) is 4. The van der Waals surface area contributed by atoms with Crippen LogP contribution in [0.1, 0.15) is 18.4 Å². The first kappa shape index (κ1) is 12.0. The van der Waals surface area contributed by atoms with Gasteiger partial charge >= 0.3 is 0 Å². The molecule has 1 fully saturated rings. The molecule has 0 atom stereocenters. The molecule has 0 unspecified atom stereocenters. The molecule has 0 bridgehead atoms. The van der Waals surface area contributed by atoms with Crippen LogP contribution >= 0.6 is 0 Å². The zero-order valence-corrected chi connectivity index (χ0v) is 10.9. The summed E-state index contributed by atoms with van der Waals surface area (Å²) in [5, 5.41) is 3.46. The average molecular weight is 254 g/mol. The molecule has 2 aromatic heterocycles. The standard InChI is InChI=1S/C15H18N4/c1-2-10-19(9-1)15-14(6-4-8-17-15)18-12-13-5-3-7-16-11-13/h3-8,11,18H,1-2,9-10,12H2. The van der Waals surface area contributed by atoms with Crippen LogP contribution in [0.3, 0.4) is 0 Å². The van der Waals surface area contributed by atoms with Crippen molar-refractivity contribution in [3.05, 3.63) is 48.4 Å². The molecule has 1 N–H and O–H groups in total. The Morgan fingerprint density at radius 1 is 1.11 bits per heavy atom. The lowest BCUT2D eigenvalue weighted by atomic mass is 10.2. The summed E-state index contributed by atoms with van der Waals surface area (Å²) in [7, 11) is 0. The molecule has 4 nitrogen and oxygen atoms in total. The van der Waals surface area contributed by atoms with E-state index in [1.54, 1.807) is 6.20 Å². The van der Waals surface area contributed by atoms with Crippen LogP contribution in [-0.4, -0.2) is 23.1 Å². The third-order valence-corrected chi connectivity index (χ3v) is 3.40. The molecule has 0 saturated carbocycles. The van der Waals surface area contributed by atoms with Crippen molar-refractivity contribution < 1.29 is 0 Å². The highest BCUT2D eigenvalue weighted by atomic mass is 15.2. The predicted octanol–water partition coefficient (Wildman–Crippen LogP) is 2.69. The van der Waals surface area contributed by atoms with Crippen LogP contribution in [0.2, 0.25) is 0 Å². The Bertz CT molecular complexity index is 521. The highest BCUT2D eigenvalue weighted by molar-refractivity contribution is 5.65. The van der Waals surface area contributed by atoms with Gasteiger partial charge in [0.25, 0.3) is 0 Å². The number of nitrogens with zero attached hydrogens (tertiary/aromatic N) is 3. The maximum Gasteiger partial charge on any atom is 0.151 e. The molecule has 1 aliphatic heterocycles. The zero-order chi connectivity index (χ0) is 12.9. The molecular formula is C15H18N4. The SMILES string of the molecule is c1cncc(CNc2cccnc2N2CCCC2)c1. The number of hydrogen-bond donors (Lipinski definition) is 1. The third kappa shape index (κ3) is 2.84. The van der Waals surface area contributed by atoms with Crippen molar-refractivity contribution in [3.8, 4) is 0 Å². The van der Waals surface area contributed by atoms with E-state index in [0.29, 0.717) is 0 Å². The first-order valence-corrected chi connectivity index (χ1v) is 6.76. The summed E-state index contributed by atoms with van der Waals surface area (Å²) >= 11 is 0. The minimum absolute atomic E-state index is 0.778. The summed E-state index contributed by atoms with van der Waals surface area (Å²) in [6.45, 7) is 3.00. The molecule has 0 amide bonds. The van der Waals surface area contributed by atoms with Gasteiger partial charge in [-0.05, 0) is 36.6 Å². The Morgan fingerprint density at radius 2 is 1.95 bits per heavy atom. The Labute approximate surface area is 113 Å². The van der Waals surface area contributed by atoms with E-state index in [9.17, 15) is 0 Å². The van der Waals surface area contributed by atoms with Crippen molar-refractivity contribution in [1.29, 1.82) is 0 Å². The second kappa shape index (κ2) is 5.69. The highest BCUT2D eigenvalue weighted by Crippen LogP contribution is 2.26. The summed E-state index contributed by atoms with van der Waals surface area (Å²) in [6, 6.07) is 8.11. The molecule has 2 aromatic rings. The van der Waals surface area contributed by atoms with Crippen LogP contribution in [0.4, 0.5) is 11.5 Å². The minimum Gasteiger partial charge on any atom is -0.378 e. The normalized spacial score (nSPS) is 14.6. The van der Waals surface area contributed by atoms with Crippen molar-refractivity contribution in [2.24, 2.45) is 0 Å². The van der Waals surface area contributed by atoms with E-state index in [-0.39, 0.29) is 0 Å². The summed E-state index contributed by atoms with van der Waals surface area (Å²) < 4.78 is 0. The monoisotopic (exact) mass is 254 g/mol. The molecular weight excluding hydrogens is 236 g/mol. The molecule has 0 aliphatic carbocycles. The lowest BCUT2D eigenvalue weighted by Gasteiger charge is -2.20. The van der Waals surface area contributed by atoms with Gasteiger partial charge in [-0.2, -0.15) is 0 Å². The molecule has 4 heteroatoms. The van der Waals surface area contributed by atoms with Gasteiger partial charge in [0, 0.05) is 38.2 Å². The van der Waals surface area contributed by atoms with E-state index in [4.69, 9.17) is 0 Å². The van der Waals surface area contributed by atoms with Gasteiger partial charge < -0.3 is 10.2 Å². The van der Waals surface area contributed by atoms with Crippen molar-refractivity contribution in [1.82, 2.24) is 9.97 Å². The second-order valence-electron chi connectivity index (χ2n) is 4.78. The predicted molar refractivity (Wildman–Crippen MR) is 77.2 cm³/mol. The fourth-order valence-electron chi connectivity index (χ4n) is 2.42. The molecule has 98 valence electrons. The van der Waals surface area contributed by atoms with Gasteiger partial charge in [0.05, 0.1) is 5.69 Å². The molecule has 1 saturated heterocycles. The fraction of sp³-hybridized carbons (Fsp3) is 0.333. The highest BCUT2D eigenvalue weighted by Gasteiger charge is 2.16. The second-order valence-corrected chi connectivity index (χ2v) is 4.78. The fourth-order valence-corrected chi connectivity index (χ4v) is 2.42. The van der Waals surface area contributed by atoms with Crippen LogP contribution < -0.4 is 10.2 Å². The van der Waals surface area contributed by atoms with Crippen LogP contribution in [0.5, 0.6) is 0 Å². The molecule has 0 radical (unpaired) electrons. The third-order valence-electron chi connectivity index (χ3n) is 3.40. The van der Waals surface area contributed by atoms with E-state index in [1.165, 1.54) is 18.4 Å². The summed E-state index contributed by atoms with van der Waals surface area (Å²) in [4.78, 5) is 11.0. The quantitative estimate of drug-likeness (QED) is 0.910. The molecule has 3 rings (SSSR count). The lowest BCUT2D eigenvalue weighted by molar-refractivity contribution is 0.934. The minimum atomic E-state index is 0.778. The lowest BCUT2D eigenvalue weighted by Crippen LogP contribution is -2.20. The number of rotatable bonds is 4. The molecule has 1 aliphatic rings. The van der Waals surface area contributed by atoms with E-state index >= 15 is 0 Å². The van der Waals surface area contributed by atoms with Gasteiger partial charge in [-0.1, -0.05) is 6.07 Å². The van der Waals surface area contributed by atoms with E-state index in [2.05, 4.69) is 32.3 Å². The first-order chi connectivity index (χ1) is 9.43. The molecule has 19 heavy (non-hydrogen) atoms. The molecule has 0 spiro atoms. The van der Waals surface area contributed by atoms with Gasteiger partial charge in [-0.15, -0.1) is 0 Å². The smallest absolute Gasteiger partial charge is 0.151 e. The summed E-state index contributed by atoms with van der Waals surface area (Å²) in [5.74, 6) is 1.07. The van der Waals surface area contributed by atoms with Gasteiger partial charge in [-0.25, -0.2) is 4.98 Å². The van der Waals surface area contributed by atoms with E-state index in [1.807, 2.05) is 24.5 Å². The van der Waals surface area contributed by atoms with Crippen molar-refractivity contribution in [2.75, 3.05) is 23.3 Å². The topological polar surface area (TPSA) is 41.1 Å². The zero-order valence-electron chi connectivity index (χ0n) is 10.9. The maximum atomic E-state index is 4.52. The Kier molecular flexibility index (Phi) is 3.58. The van der Waals surface area contributed by atoms with Gasteiger partial charge in [0.2, 0.25) is 0 Å². The Hall–Kier alpha value is -2.10. The Balaban J connectivity index is 1.73. The van der Waals surface area contributed by atoms with Crippen LogP contribution in [-0.2, 0) is 6.54 Å². The maximum absolute atomic E-state index is 4.52. The summed E-state index contributed by atoms with van der Waals surface area (Å²) in [5.41, 5.74) is 2.28. The van der Waals surface area contributed by atoms with Crippen molar-refractivity contribution in [3.63, 3.8) is 0 Å². The van der Waals surface area contributed by atoms with Gasteiger partial charge in [-0.3, -0.25) is 4.98 Å². The average Bonchev–Trinajstić information content (AvgIpc) is 3.01. The number of nitrogens with one attached hydrogen (secondary N) is 1.